The first-order valence-electron chi connectivity index (χ1n) is 9.52. The second kappa shape index (κ2) is 10.8. The summed E-state index contributed by atoms with van der Waals surface area (Å²) < 4.78 is 4.69. The van der Waals surface area contributed by atoms with Gasteiger partial charge in [0.15, 0.2) is 0 Å². The molecule has 0 spiro atoms. The highest BCUT2D eigenvalue weighted by molar-refractivity contribution is 5.96. The number of carboxylic acids is 1. The van der Waals surface area contributed by atoms with E-state index in [1.807, 2.05) is 32.1 Å². The molecule has 5 heteroatoms. The molecule has 1 aliphatic carbocycles. The fourth-order valence-electron chi connectivity index (χ4n) is 3.14. The number of rotatable bonds is 8. The minimum atomic E-state index is -2.14. The summed E-state index contributed by atoms with van der Waals surface area (Å²) in [5, 5.41) is 17.5. The van der Waals surface area contributed by atoms with Crippen molar-refractivity contribution in [1.29, 1.82) is 0 Å². The van der Waals surface area contributed by atoms with Gasteiger partial charge >= 0.3 is 11.9 Å². The van der Waals surface area contributed by atoms with Crippen LogP contribution in [0.15, 0.2) is 58.7 Å². The molecule has 0 fully saturated rings. The van der Waals surface area contributed by atoms with Crippen LogP contribution in [-0.2, 0) is 14.3 Å². The van der Waals surface area contributed by atoms with Crippen LogP contribution in [0.1, 0.15) is 53.9 Å². The van der Waals surface area contributed by atoms with Gasteiger partial charge in [0.05, 0.1) is 0 Å². The number of aliphatic hydroxyl groups is 1. The maximum atomic E-state index is 11.2. The van der Waals surface area contributed by atoms with Gasteiger partial charge in [-0.2, -0.15) is 0 Å². The summed E-state index contributed by atoms with van der Waals surface area (Å²) in [6.45, 7) is 10.6. The summed E-state index contributed by atoms with van der Waals surface area (Å²) in [6, 6.07) is 0. The minimum absolute atomic E-state index is 0.0928. The predicted molar refractivity (Wildman–Crippen MR) is 111 cm³/mol. The number of carbonyl (C=O) groups is 2. The van der Waals surface area contributed by atoms with Crippen LogP contribution in [-0.4, -0.2) is 34.9 Å². The lowest BCUT2D eigenvalue weighted by Crippen LogP contribution is -2.31. The number of aliphatic hydroxyl groups excluding tert-OH is 1. The van der Waals surface area contributed by atoms with E-state index in [0.717, 1.165) is 11.1 Å². The standard InChI is InChI=1S/C23H32O5/c1-16(11-12-19-18(3)10-7-14-23(19,4)5)8-6-9-17(2)13-15-28-22(27)20(24)21(25)26/h6,8-9,11-13,20,24H,7,10,14-15H2,1-5H3,(H,25,26). The Morgan fingerprint density at radius 2 is 1.89 bits per heavy atom. The number of esters is 1. The van der Waals surface area contributed by atoms with Crippen molar-refractivity contribution >= 4 is 11.9 Å². The van der Waals surface area contributed by atoms with E-state index in [1.165, 1.54) is 30.4 Å². The Bertz CT molecular complexity index is 732. The average Bonchev–Trinajstić information content (AvgIpc) is 2.59. The topological polar surface area (TPSA) is 83.8 Å². The van der Waals surface area contributed by atoms with Crippen LogP contribution in [0.25, 0.3) is 0 Å². The molecule has 0 saturated heterocycles. The smallest absolute Gasteiger partial charge is 0.347 e. The minimum Gasteiger partial charge on any atom is -0.479 e. The van der Waals surface area contributed by atoms with E-state index in [1.54, 1.807) is 6.08 Å². The van der Waals surface area contributed by atoms with Crippen LogP contribution in [0.5, 0.6) is 0 Å². The van der Waals surface area contributed by atoms with Crippen molar-refractivity contribution in [3.05, 3.63) is 58.7 Å². The monoisotopic (exact) mass is 388 g/mol. The maximum absolute atomic E-state index is 11.2. The Morgan fingerprint density at radius 1 is 1.21 bits per heavy atom. The third-order valence-electron chi connectivity index (χ3n) is 4.86. The lowest BCUT2D eigenvalue weighted by Gasteiger charge is -2.32. The van der Waals surface area contributed by atoms with Gasteiger partial charge < -0.3 is 14.9 Å². The Balaban J connectivity index is 2.61. The van der Waals surface area contributed by atoms with Crippen molar-refractivity contribution in [3.63, 3.8) is 0 Å². The zero-order valence-electron chi connectivity index (χ0n) is 17.5. The van der Waals surface area contributed by atoms with Gasteiger partial charge in [0.2, 0.25) is 6.10 Å². The zero-order valence-corrected chi connectivity index (χ0v) is 17.5. The predicted octanol–water partition coefficient (Wildman–Crippen LogP) is 4.51. The maximum Gasteiger partial charge on any atom is 0.347 e. The number of aliphatic carboxylic acids is 1. The van der Waals surface area contributed by atoms with E-state index >= 15 is 0 Å². The highest BCUT2D eigenvalue weighted by atomic mass is 16.6. The fraction of sp³-hybridized carbons (Fsp3) is 0.478. The van der Waals surface area contributed by atoms with Crippen LogP contribution in [0.3, 0.4) is 0 Å². The van der Waals surface area contributed by atoms with Gasteiger partial charge in [0, 0.05) is 0 Å². The van der Waals surface area contributed by atoms with E-state index in [2.05, 4.69) is 37.7 Å². The molecule has 154 valence electrons. The molecular weight excluding hydrogens is 356 g/mol. The first-order valence-corrected chi connectivity index (χ1v) is 9.52. The van der Waals surface area contributed by atoms with Crippen LogP contribution < -0.4 is 0 Å². The van der Waals surface area contributed by atoms with E-state index in [0.29, 0.717) is 0 Å². The van der Waals surface area contributed by atoms with Gasteiger partial charge in [-0.05, 0) is 57.1 Å². The third kappa shape index (κ3) is 7.69. The molecule has 5 nitrogen and oxygen atoms in total. The lowest BCUT2D eigenvalue weighted by atomic mass is 9.72. The van der Waals surface area contributed by atoms with Crippen LogP contribution in [0.2, 0.25) is 0 Å². The summed E-state index contributed by atoms with van der Waals surface area (Å²) in [5.74, 6) is -2.79. The molecule has 0 bridgehead atoms. The van der Waals surface area contributed by atoms with E-state index in [4.69, 9.17) is 10.2 Å². The molecule has 1 unspecified atom stereocenters. The average molecular weight is 389 g/mol. The van der Waals surface area contributed by atoms with E-state index in [9.17, 15) is 9.59 Å². The molecule has 1 atom stereocenters. The Kier molecular flexibility index (Phi) is 9.13. The highest BCUT2D eigenvalue weighted by Crippen LogP contribution is 2.40. The van der Waals surface area contributed by atoms with E-state index < -0.39 is 18.0 Å². The number of ether oxygens (including phenoxy) is 1. The van der Waals surface area contributed by atoms with Crippen LogP contribution in [0.4, 0.5) is 0 Å². The summed E-state index contributed by atoms with van der Waals surface area (Å²) in [4.78, 5) is 21.7. The third-order valence-corrected chi connectivity index (χ3v) is 4.86. The van der Waals surface area contributed by atoms with Crippen molar-refractivity contribution in [2.24, 2.45) is 5.41 Å². The van der Waals surface area contributed by atoms with Gasteiger partial charge in [0.1, 0.15) is 6.61 Å². The Hall–Kier alpha value is -2.40. The van der Waals surface area contributed by atoms with E-state index in [-0.39, 0.29) is 12.0 Å². The van der Waals surface area contributed by atoms with Gasteiger partial charge in [-0.15, -0.1) is 0 Å². The second-order valence-corrected chi connectivity index (χ2v) is 7.85. The molecule has 0 aromatic rings. The van der Waals surface area contributed by atoms with Crippen molar-refractivity contribution in [2.45, 2.75) is 60.0 Å². The van der Waals surface area contributed by atoms with Gasteiger partial charge in [-0.25, -0.2) is 9.59 Å². The van der Waals surface area contributed by atoms with Crippen molar-refractivity contribution in [1.82, 2.24) is 0 Å². The first kappa shape index (κ1) is 23.6. The van der Waals surface area contributed by atoms with Gasteiger partial charge in [0.25, 0.3) is 0 Å². The number of hydrogen-bond acceptors (Lipinski definition) is 4. The molecule has 28 heavy (non-hydrogen) atoms. The largest absolute Gasteiger partial charge is 0.479 e. The number of hydrogen-bond donors (Lipinski definition) is 2. The molecule has 1 aliphatic rings. The highest BCUT2D eigenvalue weighted by Gasteiger charge is 2.26. The molecule has 0 aromatic heterocycles. The molecule has 0 radical (unpaired) electrons. The number of carboxylic acid groups (broad SMARTS) is 1. The van der Waals surface area contributed by atoms with Gasteiger partial charge in [-0.3, -0.25) is 0 Å². The first-order chi connectivity index (χ1) is 13.0. The summed E-state index contributed by atoms with van der Waals surface area (Å²) in [6.07, 6.45) is 13.3. The number of carbonyl (C=O) groups excluding carboxylic acids is 1. The summed E-state index contributed by atoms with van der Waals surface area (Å²) >= 11 is 0. The van der Waals surface area contributed by atoms with Crippen LogP contribution in [0, 0.1) is 5.41 Å². The molecular formula is C23H32O5. The molecule has 1 rings (SSSR count). The molecule has 0 aromatic carbocycles. The van der Waals surface area contributed by atoms with Crippen molar-refractivity contribution in [2.75, 3.05) is 6.61 Å². The molecule has 0 heterocycles. The second-order valence-electron chi connectivity index (χ2n) is 7.85. The van der Waals surface area contributed by atoms with Gasteiger partial charge in [-0.1, -0.05) is 60.9 Å². The lowest BCUT2D eigenvalue weighted by molar-refractivity contribution is -0.164. The Labute approximate surface area is 167 Å². The van der Waals surface area contributed by atoms with Crippen molar-refractivity contribution in [3.8, 4) is 0 Å². The molecule has 0 amide bonds. The van der Waals surface area contributed by atoms with Crippen LogP contribution >= 0.6 is 0 Å². The summed E-state index contributed by atoms with van der Waals surface area (Å²) in [7, 11) is 0. The molecule has 2 N–H and O–H groups in total. The molecule has 0 saturated carbocycles. The fourth-order valence-corrected chi connectivity index (χ4v) is 3.14. The normalized spacial score (nSPS) is 19.4. The Morgan fingerprint density at radius 3 is 2.50 bits per heavy atom. The SMILES string of the molecule is CC(C=CC1=C(C)CCCC1(C)C)=CC=CC(C)=CCOC(=O)C(O)C(=O)O. The molecule has 0 aliphatic heterocycles. The summed E-state index contributed by atoms with van der Waals surface area (Å²) in [5.41, 5.74) is 5.10. The van der Waals surface area contributed by atoms with Crippen molar-refractivity contribution < 1.29 is 24.5 Å². The zero-order chi connectivity index (χ0) is 21.3. The quantitative estimate of drug-likeness (QED) is 0.363. The number of allylic oxidation sites excluding steroid dienone is 9.